The number of methoxy groups -OCH3 is 1. The average Bonchev–Trinajstić information content (AvgIpc) is 2.52. The normalized spacial score (nSPS) is 26.0. The number of amides is 1. The van der Waals surface area contributed by atoms with Gasteiger partial charge in [0.2, 0.25) is 5.91 Å². The summed E-state index contributed by atoms with van der Waals surface area (Å²) in [6.07, 6.45) is 3.27. The highest BCUT2D eigenvalue weighted by molar-refractivity contribution is 5.85. The molecule has 0 aromatic carbocycles. The van der Waals surface area contributed by atoms with E-state index in [-0.39, 0.29) is 30.7 Å². The van der Waals surface area contributed by atoms with Crippen LogP contribution < -0.4 is 5.32 Å². The van der Waals surface area contributed by atoms with Crippen LogP contribution in [-0.4, -0.2) is 74.7 Å². The quantitative estimate of drug-likeness (QED) is 0.809. The summed E-state index contributed by atoms with van der Waals surface area (Å²) in [7, 11) is 1.75. The van der Waals surface area contributed by atoms with E-state index in [1.807, 2.05) is 0 Å². The van der Waals surface area contributed by atoms with Crippen molar-refractivity contribution in [2.24, 2.45) is 5.92 Å². The highest BCUT2D eigenvalue weighted by atomic mass is 35.5. The van der Waals surface area contributed by atoms with Crippen molar-refractivity contribution in [3.05, 3.63) is 0 Å². The van der Waals surface area contributed by atoms with Gasteiger partial charge in [0.05, 0.1) is 12.5 Å². The molecule has 0 saturated carbocycles. The third kappa shape index (κ3) is 5.85. The van der Waals surface area contributed by atoms with Gasteiger partial charge in [-0.2, -0.15) is 0 Å². The van der Waals surface area contributed by atoms with Gasteiger partial charge in [0.25, 0.3) is 0 Å². The molecule has 0 aromatic heterocycles. The van der Waals surface area contributed by atoms with Gasteiger partial charge in [0.15, 0.2) is 0 Å². The molecule has 0 aromatic rings. The minimum absolute atomic E-state index is 0. The van der Waals surface area contributed by atoms with E-state index in [2.05, 4.69) is 22.0 Å². The van der Waals surface area contributed by atoms with Crippen LogP contribution in [-0.2, 0) is 9.53 Å². The number of piperazine rings is 1. The zero-order valence-corrected chi connectivity index (χ0v) is 15.4. The molecule has 22 heavy (non-hydrogen) atoms. The predicted octanol–water partition coefficient (Wildman–Crippen LogP) is 1.40. The molecule has 0 spiro atoms. The second kappa shape index (κ2) is 11.5. The Morgan fingerprint density at radius 2 is 2.09 bits per heavy atom. The molecule has 2 saturated heterocycles. The summed E-state index contributed by atoms with van der Waals surface area (Å²) in [5.74, 6) is 0.564. The summed E-state index contributed by atoms with van der Waals surface area (Å²) in [4.78, 5) is 17.1. The number of carbonyl (C=O) groups excluding carboxylic acids is 1. The molecule has 0 aliphatic carbocycles. The second-order valence-corrected chi connectivity index (χ2v) is 5.92. The van der Waals surface area contributed by atoms with E-state index in [1.165, 1.54) is 0 Å². The van der Waals surface area contributed by atoms with Crippen molar-refractivity contribution in [1.29, 1.82) is 0 Å². The van der Waals surface area contributed by atoms with Gasteiger partial charge < -0.3 is 15.0 Å². The second-order valence-electron chi connectivity index (χ2n) is 5.92. The average molecular weight is 356 g/mol. The lowest BCUT2D eigenvalue weighted by molar-refractivity contribution is -0.139. The van der Waals surface area contributed by atoms with E-state index >= 15 is 0 Å². The molecule has 2 rings (SSSR count). The highest BCUT2D eigenvalue weighted by Gasteiger charge is 2.32. The molecule has 132 valence electrons. The third-order valence-corrected chi connectivity index (χ3v) is 4.62. The lowest BCUT2D eigenvalue weighted by atomic mass is 9.97. The first-order valence-corrected chi connectivity index (χ1v) is 7.98. The molecule has 2 fully saturated rings. The first-order valence-electron chi connectivity index (χ1n) is 7.98. The van der Waals surface area contributed by atoms with Crippen molar-refractivity contribution in [2.75, 3.05) is 53.0 Å². The first-order chi connectivity index (χ1) is 9.76. The molecule has 2 atom stereocenters. The Kier molecular flexibility index (Phi) is 11.4. The Balaban J connectivity index is 0.00000220. The maximum absolute atomic E-state index is 12.6. The molecule has 1 amide bonds. The van der Waals surface area contributed by atoms with E-state index in [0.717, 1.165) is 65.1 Å². The van der Waals surface area contributed by atoms with Crippen LogP contribution in [0.4, 0.5) is 0 Å². The van der Waals surface area contributed by atoms with Crippen LogP contribution in [0.25, 0.3) is 0 Å². The molecule has 2 unspecified atom stereocenters. The summed E-state index contributed by atoms with van der Waals surface area (Å²) in [6.45, 7) is 8.62. The topological polar surface area (TPSA) is 44.8 Å². The highest BCUT2D eigenvalue weighted by Crippen LogP contribution is 2.18. The SMILES string of the molecule is CCC1CN(C(=O)C2CCCNC2)CCN1CCOC.Cl.Cl. The monoisotopic (exact) mass is 355 g/mol. The molecule has 1 N–H and O–H groups in total. The van der Waals surface area contributed by atoms with Crippen LogP contribution in [0.2, 0.25) is 0 Å². The molecule has 5 nitrogen and oxygen atoms in total. The van der Waals surface area contributed by atoms with Crippen molar-refractivity contribution in [1.82, 2.24) is 15.1 Å². The summed E-state index contributed by atoms with van der Waals surface area (Å²) >= 11 is 0. The minimum Gasteiger partial charge on any atom is -0.383 e. The number of nitrogens with zero attached hydrogens (tertiary/aromatic N) is 2. The number of hydrogen-bond donors (Lipinski definition) is 1. The van der Waals surface area contributed by atoms with Crippen molar-refractivity contribution >= 4 is 30.7 Å². The Morgan fingerprint density at radius 3 is 2.68 bits per heavy atom. The maximum atomic E-state index is 12.6. The van der Waals surface area contributed by atoms with Crippen LogP contribution in [0.3, 0.4) is 0 Å². The smallest absolute Gasteiger partial charge is 0.227 e. The van der Waals surface area contributed by atoms with E-state index in [0.29, 0.717) is 11.9 Å². The first kappa shape index (κ1) is 21.9. The summed E-state index contributed by atoms with van der Waals surface area (Å²) in [5, 5.41) is 3.34. The number of carbonyl (C=O) groups is 1. The Labute approximate surface area is 146 Å². The fourth-order valence-electron chi connectivity index (χ4n) is 3.30. The van der Waals surface area contributed by atoms with Crippen molar-refractivity contribution in [3.8, 4) is 0 Å². The fourth-order valence-corrected chi connectivity index (χ4v) is 3.30. The Hall–Kier alpha value is -0.0700. The molecule has 2 aliphatic rings. The standard InChI is InChI=1S/C15H29N3O2.2ClH/c1-3-14-12-18(8-7-17(14)9-10-20-2)15(19)13-5-4-6-16-11-13;;/h13-14,16H,3-12H2,1-2H3;2*1H. The Morgan fingerprint density at radius 1 is 1.32 bits per heavy atom. The molecule has 7 heteroatoms. The summed E-state index contributed by atoms with van der Waals surface area (Å²) in [5.41, 5.74) is 0. The zero-order chi connectivity index (χ0) is 14.4. The van der Waals surface area contributed by atoms with Crippen molar-refractivity contribution in [2.45, 2.75) is 32.2 Å². The fraction of sp³-hybridized carbons (Fsp3) is 0.933. The molecule has 0 bridgehead atoms. The van der Waals surface area contributed by atoms with Gasteiger partial charge in [-0.3, -0.25) is 9.69 Å². The van der Waals surface area contributed by atoms with Gasteiger partial charge >= 0.3 is 0 Å². The van der Waals surface area contributed by atoms with Gasteiger partial charge in [-0.1, -0.05) is 6.92 Å². The zero-order valence-electron chi connectivity index (χ0n) is 13.8. The molecular weight excluding hydrogens is 325 g/mol. The van der Waals surface area contributed by atoms with E-state index in [1.54, 1.807) is 7.11 Å². The van der Waals surface area contributed by atoms with E-state index < -0.39 is 0 Å². The lowest BCUT2D eigenvalue weighted by Crippen LogP contribution is -2.57. The molecule has 2 aliphatic heterocycles. The van der Waals surface area contributed by atoms with Gasteiger partial charge in [-0.25, -0.2) is 0 Å². The van der Waals surface area contributed by atoms with Crippen LogP contribution in [0.15, 0.2) is 0 Å². The molecular formula is C15H31Cl2N3O2. The number of hydrogen-bond acceptors (Lipinski definition) is 4. The number of rotatable bonds is 5. The Bertz CT molecular complexity index is 315. The molecule has 2 heterocycles. The van der Waals surface area contributed by atoms with Crippen LogP contribution in [0, 0.1) is 5.92 Å². The van der Waals surface area contributed by atoms with Gasteiger partial charge in [-0.05, 0) is 25.8 Å². The van der Waals surface area contributed by atoms with Crippen LogP contribution in [0.1, 0.15) is 26.2 Å². The summed E-state index contributed by atoms with van der Waals surface area (Å²) < 4.78 is 5.18. The maximum Gasteiger partial charge on any atom is 0.227 e. The minimum atomic E-state index is 0. The number of halogens is 2. The van der Waals surface area contributed by atoms with E-state index in [4.69, 9.17) is 4.74 Å². The van der Waals surface area contributed by atoms with Gasteiger partial charge in [0, 0.05) is 45.9 Å². The van der Waals surface area contributed by atoms with E-state index in [9.17, 15) is 4.79 Å². The van der Waals surface area contributed by atoms with Crippen molar-refractivity contribution in [3.63, 3.8) is 0 Å². The summed E-state index contributed by atoms with van der Waals surface area (Å²) in [6, 6.07) is 0.486. The lowest BCUT2D eigenvalue weighted by Gasteiger charge is -2.42. The van der Waals surface area contributed by atoms with Gasteiger partial charge in [0.1, 0.15) is 0 Å². The largest absolute Gasteiger partial charge is 0.383 e. The molecule has 0 radical (unpaired) electrons. The number of piperidine rings is 1. The number of nitrogens with one attached hydrogen (secondary N) is 1. The third-order valence-electron chi connectivity index (χ3n) is 4.62. The van der Waals surface area contributed by atoms with Crippen LogP contribution >= 0.6 is 24.8 Å². The van der Waals surface area contributed by atoms with Gasteiger partial charge in [-0.15, -0.1) is 24.8 Å². The predicted molar refractivity (Wildman–Crippen MR) is 94.2 cm³/mol. The number of ether oxygens (including phenoxy) is 1. The van der Waals surface area contributed by atoms with Crippen molar-refractivity contribution < 1.29 is 9.53 Å². The van der Waals surface area contributed by atoms with Crippen LogP contribution in [0.5, 0.6) is 0 Å².